The van der Waals surface area contributed by atoms with E-state index in [1.54, 1.807) is 44.2 Å². The van der Waals surface area contributed by atoms with Crippen molar-refractivity contribution >= 4 is 28.6 Å². The Morgan fingerprint density at radius 3 is 2.58 bits per heavy atom. The van der Waals surface area contributed by atoms with Crippen LogP contribution in [0.2, 0.25) is 0 Å². The van der Waals surface area contributed by atoms with Gasteiger partial charge >= 0.3 is 0 Å². The Kier molecular flexibility index (Phi) is 6.42. The maximum absolute atomic E-state index is 13.7. The molecule has 1 aromatic heterocycles. The number of carbonyl (C=O) groups excluding carboxylic acids is 3. The SMILES string of the molecule is COc1ccc(CNC(=O)[C@H](C)NC(=O)[C@@H]2Cc3c([nH]c4ccccc34)C3c4ccccc4C(=O)N32)cc1OC. The summed E-state index contributed by atoms with van der Waals surface area (Å²) in [5, 5.41) is 6.76. The molecule has 0 radical (unpaired) electrons. The Morgan fingerprint density at radius 2 is 1.77 bits per heavy atom. The van der Waals surface area contributed by atoms with Crippen LogP contribution in [0.1, 0.15) is 45.7 Å². The first-order valence-corrected chi connectivity index (χ1v) is 13.2. The van der Waals surface area contributed by atoms with E-state index in [1.165, 1.54) is 0 Å². The minimum Gasteiger partial charge on any atom is -0.493 e. The molecular formula is C31H30N4O5. The summed E-state index contributed by atoms with van der Waals surface area (Å²) in [6, 6.07) is 18.9. The Balaban J connectivity index is 1.22. The number of ether oxygens (including phenoxy) is 2. The van der Waals surface area contributed by atoms with Crippen LogP contribution in [-0.4, -0.2) is 53.9 Å². The maximum Gasteiger partial charge on any atom is 0.255 e. The number of rotatable bonds is 7. The summed E-state index contributed by atoms with van der Waals surface area (Å²) in [6.07, 6.45) is 0.349. The van der Waals surface area contributed by atoms with Crippen molar-refractivity contribution < 1.29 is 23.9 Å². The molecule has 3 atom stereocenters. The molecule has 1 unspecified atom stereocenters. The Hall–Kier alpha value is -4.79. The Labute approximate surface area is 231 Å². The lowest BCUT2D eigenvalue weighted by Gasteiger charge is -2.37. The van der Waals surface area contributed by atoms with E-state index >= 15 is 0 Å². The van der Waals surface area contributed by atoms with Crippen molar-refractivity contribution in [1.82, 2.24) is 20.5 Å². The number of aromatic nitrogens is 1. The summed E-state index contributed by atoms with van der Waals surface area (Å²) >= 11 is 0. The summed E-state index contributed by atoms with van der Waals surface area (Å²) in [7, 11) is 3.11. The molecule has 3 N–H and O–H groups in total. The van der Waals surface area contributed by atoms with Gasteiger partial charge in [0.1, 0.15) is 12.1 Å². The molecule has 6 rings (SSSR count). The average molecular weight is 539 g/mol. The molecule has 204 valence electrons. The van der Waals surface area contributed by atoms with Gasteiger partial charge < -0.3 is 30.0 Å². The molecule has 0 fully saturated rings. The van der Waals surface area contributed by atoms with E-state index in [-0.39, 0.29) is 24.3 Å². The van der Waals surface area contributed by atoms with Crippen LogP contribution in [-0.2, 0) is 22.6 Å². The largest absolute Gasteiger partial charge is 0.493 e. The number of benzene rings is 3. The number of nitrogens with zero attached hydrogens (tertiary/aromatic N) is 1. The van der Waals surface area contributed by atoms with Gasteiger partial charge in [0.25, 0.3) is 5.91 Å². The van der Waals surface area contributed by atoms with Crippen molar-refractivity contribution in [3.05, 3.63) is 94.7 Å². The second-order valence-electron chi connectivity index (χ2n) is 10.1. The van der Waals surface area contributed by atoms with E-state index in [1.807, 2.05) is 48.5 Å². The number of carbonyl (C=O) groups is 3. The number of methoxy groups -OCH3 is 2. The van der Waals surface area contributed by atoms with Crippen LogP contribution in [0.3, 0.4) is 0 Å². The number of aromatic amines is 1. The molecule has 2 aliphatic rings. The smallest absolute Gasteiger partial charge is 0.255 e. The summed E-state index contributed by atoms with van der Waals surface area (Å²) in [5.74, 6) is 0.280. The molecule has 9 nitrogen and oxygen atoms in total. The predicted molar refractivity (Wildman–Crippen MR) is 149 cm³/mol. The molecule has 40 heavy (non-hydrogen) atoms. The molecule has 3 amide bonds. The van der Waals surface area contributed by atoms with Gasteiger partial charge in [0.05, 0.1) is 20.3 Å². The van der Waals surface area contributed by atoms with Crippen molar-refractivity contribution in [2.45, 2.75) is 38.0 Å². The minimum absolute atomic E-state index is 0.185. The quantitative estimate of drug-likeness (QED) is 0.334. The number of nitrogens with one attached hydrogen (secondary N) is 3. The first-order chi connectivity index (χ1) is 19.4. The lowest BCUT2D eigenvalue weighted by Crippen LogP contribution is -2.55. The van der Waals surface area contributed by atoms with Crippen LogP contribution in [0.15, 0.2) is 66.7 Å². The van der Waals surface area contributed by atoms with E-state index in [2.05, 4.69) is 15.6 Å². The van der Waals surface area contributed by atoms with Gasteiger partial charge in [0.2, 0.25) is 11.8 Å². The molecule has 9 heteroatoms. The number of hydrogen-bond donors (Lipinski definition) is 3. The highest BCUT2D eigenvalue weighted by molar-refractivity contribution is 6.04. The van der Waals surface area contributed by atoms with Crippen molar-refractivity contribution in [1.29, 1.82) is 0 Å². The third kappa shape index (κ3) is 4.14. The van der Waals surface area contributed by atoms with Crippen LogP contribution in [0.5, 0.6) is 11.5 Å². The van der Waals surface area contributed by atoms with Crippen LogP contribution >= 0.6 is 0 Å². The molecular weight excluding hydrogens is 508 g/mol. The molecule has 3 heterocycles. The van der Waals surface area contributed by atoms with Gasteiger partial charge in [-0.25, -0.2) is 0 Å². The first kappa shape index (κ1) is 25.5. The molecule has 3 aromatic carbocycles. The summed E-state index contributed by atoms with van der Waals surface area (Å²) in [6.45, 7) is 1.89. The topological polar surface area (TPSA) is 113 Å². The van der Waals surface area contributed by atoms with Gasteiger partial charge in [0, 0.05) is 35.1 Å². The predicted octanol–water partition coefficient (Wildman–Crippen LogP) is 3.48. The molecule has 2 aliphatic heterocycles. The monoisotopic (exact) mass is 538 g/mol. The fourth-order valence-corrected chi connectivity index (χ4v) is 5.85. The molecule has 0 aliphatic carbocycles. The summed E-state index contributed by atoms with van der Waals surface area (Å²) in [5.41, 5.74) is 5.22. The van der Waals surface area contributed by atoms with E-state index < -0.39 is 18.1 Å². The number of amides is 3. The third-order valence-corrected chi connectivity index (χ3v) is 7.82. The molecule has 0 bridgehead atoms. The number of fused-ring (bicyclic) bond motifs is 7. The summed E-state index contributed by atoms with van der Waals surface area (Å²) < 4.78 is 10.6. The van der Waals surface area contributed by atoms with E-state index in [4.69, 9.17) is 9.47 Å². The van der Waals surface area contributed by atoms with Crippen LogP contribution in [0.4, 0.5) is 0 Å². The lowest BCUT2D eigenvalue weighted by molar-refractivity contribution is -0.131. The molecule has 0 spiro atoms. The highest BCUT2D eigenvalue weighted by Gasteiger charge is 2.49. The lowest BCUT2D eigenvalue weighted by atomic mass is 9.90. The highest BCUT2D eigenvalue weighted by Crippen LogP contribution is 2.46. The van der Waals surface area contributed by atoms with Gasteiger partial charge in [-0.05, 0) is 47.9 Å². The highest BCUT2D eigenvalue weighted by atomic mass is 16.5. The van der Waals surface area contributed by atoms with Crippen LogP contribution < -0.4 is 20.1 Å². The van der Waals surface area contributed by atoms with E-state index in [0.29, 0.717) is 23.5 Å². The minimum atomic E-state index is -0.810. The number of H-pyrrole nitrogens is 1. The Morgan fingerprint density at radius 1 is 1.02 bits per heavy atom. The normalized spacial score (nSPS) is 18.0. The van der Waals surface area contributed by atoms with Gasteiger partial charge in [0.15, 0.2) is 11.5 Å². The van der Waals surface area contributed by atoms with Gasteiger partial charge in [-0.2, -0.15) is 0 Å². The van der Waals surface area contributed by atoms with Gasteiger partial charge in [-0.15, -0.1) is 0 Å². The fraction of sp³-hybridized carbons (Fsp3) is 0.258. The first-order valence-electron chi connectivity index (χ1n) is 13.2. The maximum atomic E-state index is 13.7. The Bertz CT molecular complexity index is 1640. The van der Waals surface area contributed by atoms with Crippen molar-refractivity contribution in [3.63, 3.8) is 0 Å². The third-order valence-electron chi connectivity index (χ3n) is 7.82. The van der Waals surface area contributed by atoms with Gasteiger partial charge in [-0.3, -0.25) is 14.4 Å². The van der Waals surface area contributed by atoms with Crippen LogP contribution in [0, 0.1) is 0 Å². The second-order valence-corrected chi connectivity index (χ2v) is 10.1. The van der Waals surface area contributed by atoms with Crippen molar-refractivity contribution in [2.75, 3.05) is 14.2 Å². The zero-order valence-electron chi connectivity index (χ0n) is 22.5. The van der Waals surface area contributed by atoms with Crippen molar-refractivity contribution in [3.8, 4) is 11.5 Å². The molecule has 0 saturated carbocycles. The zero-order chi connectivity index (χ0) is 28.0. The fourth-order valence-electron chi connectivity index (χ4n) is 5.85. The van der Waals surface area contributed by atoms with Crippen molar-refractivity contribution in [2.24, 2.45) is 0 Å². The van der Waals surface area contributed by atoms with Crippen LogP contribution in [0.25, 0.3) is 10.9 Å². The molecule has 0 saturated heterocycles. The van der Waals surface area contributed by atoms with Gasteiger partial charge in [-0.1, -0.05) is 42.5 Å². The average Bonchev–Trinajstić information content (AvgIpc) is 3.50. The number of hydrogen-bond acceptors (Lipinski definition) is 5. The molecule has 4 aromatic rings. The second kappa shape index (κ2) is 10.1. The van der Waals surface area contributed by atoms with E-state index in [0.717, 1.165) is 33.3 Å². The number of para-hydroxylation sites is 1. The van der Waals surface area contributed by atoms with E-state index in [9.17, 15) is 14.4 Å². The standard InChI is InChI=1S/C31H30N4O5/c1-17(29(36)32-16-18-12-13-25(39-2)26(14-18)40-3)33-30(37)24-15-22-19-8-6-7-11-23(19)34-27(22)28-20-9-4-5-10-21(20)31(38)35(24)28/h4-14,17,24,28,34H,15-16H2,1-3H3,(H,32,36)(H,33,37)/t17-,24-,28?/m0/s1. The zero-order valence-corrected chi connectivity index (χ0v) is 22.5. The summed E-state index contributed by atoms with van der Waals surface area (Å²) in [4.78, 5) is 45.4.